The Hall–Kier alpha value is 0.350. The van der Waals surface area contributed by atoms with Crippen molar-refractivity contribution in [3.8, 4) is 0 Å². The summed E-state index contributed by atoms with van der Waals surface area (Å²) in [5.41, 5.74) is 0.435. The molecule has 0 nitrogen and oxygen atoms in total. The summed E-state index contributed by atoms with van der Waals surface area (Å²) in [7, 11) is 0. The predicted molar refractivity (Wildman–Crippen MR) is 54.2 cm³/mol. The molecule has 0 N–H and O–H groups in total. The van der Waals surface area contributed by atoms with Gasteiger partial charge in [0, 0.05) is 4.75 Å². The molecule has 0 aliphatic heterocycles. The van der Waals surface area contributed by atoms with Gasteiger partial charge < -0.3 is 0 Å². The van der Waals surface area contributed by atoms with Crippen molar-refractivity contribution in [1.82, 2.24) is 0 Å². The van der Waals surface area contributed by atoms with Crippen molar-refractivity contribution < 1.29 is 0 Å². The van der Waals surface area contributed by atoms with Crippen molar-refractivity contribution in [1.29, 1.82) is 0 Å². The van der Waals surface area contributed by atoms with E-state index in [2.05, 4.69) is 27.7 Å². The second-order valence-corrected chi connectivity index (χ2v) is 5.46. The van der Waals surface area contributed by atoms with Gasteiger partial charge in [-0.2, -0.15) is 12.6 Å². The van der Waals surface area contributed by atoms with Crippen LogP contribution in [0.5, 0.6) is 0 Å². The maximum atomic E-state index is 4.78. The molecule has 0 spiro atoms. The maximum absolute atomic E-state index is 4.78. The van der Waals surface area contributed by atoms with Crippen LogP contribution in [0, 0.1) is 11.3 Å². The Labute approximate surface area is 76.2 Å². The van der Waals surface area contributed by atoms with Crippen molar-refractivity contribution in [2.45, 2.75) is 51.7 Å². The van der Waals surface area contributed by atoms with Crippen LogP contribution < -0.4 is 0 Å². The average molecular weight is 172 g/mol. The van der Waals surface area contributed by atoms with Crippen LogP contribution in [-0.2, 0) is 0 Å². The van der Waals surface area contributed by atoms with Crippen LogP contribution in [0.4, 0.5) is 0 Å². The highest BCUT2D eigenvalue weighted by molar-refractivity contribution is 7.82. The first-order valence-corrected chi connectivity index (χ1v) is 5.11. The summed E-state index contributed by atoms with van der Waals surface area (Å²) in [5.74, 6) is 0.826. The summed E-state index contributed by atoms with van der Waals surface area (Å²) in [6.07, 6.45) is 3.89. The van der Waals surface area contributed by atoms with Crippen molar-refractivity contribution in [2.24, 2.45) is 11.3 Å². The Kier molecular flexibility index (Phi) is 2.31. The van der Waals surface area contributed by atoms with Gasteiger partial charge in [0.1, 0.15) is 0 Å². The van der Waals surface area contributed by atoms with E-state index in [1.807, 2.05) is 0 Å². The molecule has 0 aromatic heterocycles. The molecule has 1 aliphatic rings. The summed E-state index contributed by atoms with van der Waals surface area (Å²) in [4.78, 5) is 0. The standard InChI is InChI=1S/C10H20S/c1-5-6-9(3,4)10(11)7-8(10)2/h8,11H,5-7H2,1-4H3. The Morgan fingerprint density at radius 1 is 1.55 bits per heavy atom. The molecule has 1 heteroatoms. The number of hydrogen-bond acceptors (Lipinski definition) is 1. The topological polar surface area (TPSA) is 0 Å². The van der Waals surface area contributed by atoms with Crippen molar-refractivity contribution in [2.75, 3.05) is 0 Å². The second kappa shape index (κ2) is 2.69. The zero-order valence-corrected chi connectivity index (χ0v) is 9.04. The highest BCUT2D eigenvalue weighted by Crippen LogP contribution is 2.61. The van der Waals surface area contributed by atoms with Crippen LogP contribution in [0.2, 0.25) is 0 Å². The number of hydrogen-bond donors (Lipinski definition) is 1. The van der Waals surface area contributed by atoms with Gasteiger partial charge in [0.15, 0.2) is 0 Å². The van der Waals surface area contributed by atoms with E-state index < -0.39 is 0 Å². The highest BCUT2D eigenvalue weighted by atomic mass is 32.1. The van der Waals surface area contributed by atoms with Crippen molar-refractivity contribution in [3.63, 3.8) is 0 Å². The Balaban J connectivity index is 2.58. The Morgan fingerprint density at radius 3 is 2.27 bits per heavy atom. The fourth-order valence-corrected chi connectivity index (χ4v) is 2.58. The van der Waals surface area contributed by atoms with E-state index in [-0.39, 0.29) is 0 Å². The smallest absolute Gasteiger partial charge is 0.0210 e. The molecule has 0 bridgehead atoms. The molecule has 2 atom stereocenters. The largest absolute Gasteiger partial charge is 0.172 e. The summed E-state index contributed by atoms with van der Waals surface area (Å²) >= 11 is 4.78. The van der Waals surface area contributed by atoms with Gasteiger partial charge in [-0.1, -0.05) is 34.1 Å². The van der Waals surface area contributed by atoms with Crippen LogP contribution in [0.1, 0.15) is 47.0 Å². The van der Waals surface area contributed by atoms with E-state index in [0.29, 0.717) is 10.2 Å². The van der Waals surface area contributed by atoms with Gasteiger partial charge in [-0.25, -0.2) is 0 Å². The maximum Gasteiger partial charge on any atom is 0.0210 e. The third kappa shape index (κ3) is 1.44. The molecule has 0 saturated heterocycles. The van der Waals surface area contributed by atoms with Gasteiger partial charge in [0.05, 0.1) is 0 Å². The van der Waals surface area contributed by atoms with Crippen LogP contribution in [0.25, 0.3) is 0 Å². The monoisotopic (exact) mass is 172 g/mol. The molecule has 1 saturated carbocycles. The van der Waals surface area contributed by atoms with Crippen molar-refractivity contribution >= 4 is 12.6 Å². The molecule has 11 heavy (non-hydrogen) atoms. The molecule has 0 aromatic rings. The predicted octanol–water partition coefficient (Wildman–Crippen LogP) is 3.52. The number of thiol groups is 1. The van der Waals surface area contributed by atoms with Gasteiger partial charge in [0.25, 0.3) is 0 Å². The van der Waals surface area contributed by atoms with Gasteiger partial charge >= 0.3 is 0 Å². The van der Waals surface area contributed by atoms with Crippen LogP contribution >= 0.6 is 12.6 Å². The van der Waals surface area contributed by atoms with E-state index in [9.17, 15) is 0 Å². The zero-order chi connectivity index (χ0) is 8.70. The van der Waals surface area contributed by atoms with Crippen LogP contribution in [-0.4, -0.2) is 4.75 Å². The highest BCUT2D eigenvalue weighted by Gasteiger charge is 2.57. The first kappa shape index (κ1) is 9.44. The molecule has 0 amide bonds. The lowest BCUT2D eigenvalue weighted by Crippen LogP contribution is -2.27. The average Bonchev–Trinajstić information content (AvgIpc) is 2.42. The Morgan fingerprint density at radius 2 is 2.00 bits per heavy atom. The summed E-state index contributed by atoms with van der Waals surface area (Å²) < 4.78 is 0.350. The quantitative estimate of drug-likeness (QED) is 0.619. The molecule has 0 heterocycles. The lowest BCUT2D eigenvalue weighted by molar-refractivity contribution is 0.296. The lowest BCUT2D eigenvalue weighted by atomic mass is 9.81. The molecule has 1 fully saturated rings. The van der Waals surface area contributed by atoms with E-state index >= 15 is 0 Å². The molecule has 1 aliphatic carbocycles. The molecule has 1 rings (SSSR count). The van der Waals surface area contributed by atoms with Gasteiger partial charge in [-0.05, 0) is 24.2 Å². The first-order chi connectivity index (χ1) is 4.94. The normalized spacial score (nSPS) is 37.4. The fraction of sp³-hybridized carbons (Fsp3) is 1.00. The van der Waals surface area contributed by atoms with E-state index in [1.54, 1.807) is 0 Å². The molecule has 2 unspecified atom stereocenters. The van der Waals surface area contributed by atoms with E-state index in [1.165, 1.54) is 19.3 Å². The second-order valence-electron chi connectivity index (χ2n) is 4.66. The van der Waals surface area contributed by atoms with Crippen molar-refractivity contribution in [3.05, 3.63) is 0 Å². The lowest BCUT2D eigenvalue weighted by Gasteiger charge is -2.31. The van der Waals surface area contributed by atoms with Crippen LogP contribution in [0.15, 0.2) is 0 Å². The van der Waals surface area contributed by atoms with Gasteiger partial charge in [-0.15, -0.1) is 0 Å². The zero-order valence-electron chi connectivity index (χ0n) is 8.15. The van der Waals surface area contributed by atoms with Gasteiger partial charge in [0.2, 0.25) is 0 Å². The molecule has 0 aromatic carbocycles. The third-order valence-electron chi connectivity index (χ3n) is 3.32. The molecular weight excluding hydrogens is 152 g/mol. The van der Waals surface area contributed by atoms with E-state index in [0.717, 1.165) is 5.92 Å². The SMILES string of the molecule is CCCC(C)(C)C1(S)CC1C. The van der Waals surface area contributed by atoms with Crippen LogP contribution in [0.3, 0.4) is 0 Å². The Bertz CT molecular complexity index is 151. The molecule has 0 radical (unpaired) electrons. The minimum absolute atomic E-state index is 0.350. The van der Waals surface area contributed by atoms with E-state index in [4.69, 9.17) is 12.6 Å². The first-order valence-electron chi connectivity index (χ1n) is 4.66. The minimum Gasteiger partial charge on any atom is -0.172 e. The third-order valence-corrected chi connectivity index (χ3v) is 4.55. The molecular formula is C10H20S. The summed E-state index contributed by atoms with van der Waals surface area (Å²) in [6, 6.07) is 0. The summed E-state index contributed by atoms with van der Waals surface area (Å²) in [6.45, 7) is 9.27. The molecule has 66 valence electrons. The minimum atomic E-state index is 0.350. The fourth-order valence-electron chi connectivity index (χ4n) is 2.19. The van der Waals surface area contributed by atoms with Gasteiger partial charge in [-0.3, -0.25) is 0 Å². The summed E-state index contributed by atoms with van der Waals surface area (Å²) in [5, 5.41) is 0. The number of rotatable bonds is 3.